The van der Waals surface area contributed by atoms with Crippen LogP contribution in [0, 0.1) is 0 Å². The molecule has 0 aliphatic rings. The van der Waals surface area contributed by atoms with Crippen LogP contribution in [0.15, 0.2) is 47.1 Å². The largest absolute Gasteiger partial charge is 0.494 e. The molecule has 0 atom stereocenters. The molecule has 0 saturated carbocycles. The third-order valence-corrected chi connectivity index (χ3v) is 4.13. The molecule has 11 heteroatoms. The first-order chi connectivity index (χ1) is 15.3. The number of aromatic nitrogens is 3. The van der Waals surface area contributed by atoms with E-state index in [0.29, 0.717) is 23.9 Å². The molecule has 0 aliphatic heterocycles. The van der Waals surface area contributed by atoms with E-state index in [1.165, 1.54) is 12.3 Å². The van der Waals surface area contributed by atoms with E-state index >= 15 is 0 Å². The maximum absolute atomic E-state index is 12.2. The zero-order valence-electron chi connectivity index (χ0n) is 17.2. The van der Waals surface area contributed by atoms with Gasteiger partial charge in [-0.1, -0.05) is 5.16 Å². The first-order valence-electron chi connectivity index (χ1n) is 9.79. The summed E-state index contributed by atoms with van der Waals surface area (Å²) in [7, 11) is 0. The van der Waals surface area contributed by atoms with Crippen LogP contribution in [-0.2, 0) is 17.8 Å². The van der Waals surface area contributed by atoms with Crippen molar-refractivity contribution in [2.45, 2.75) is 32.5 Å². The number of aryl methyl sites for hydroxylation is 1. The minimum absolute atomic E-state index is 0.105. The number of carbonyl (C=O) groups is 1. The first kappa shape index (κ1) is 23.0. The number of alkyl halides is 3. The molecule has 0 fully saturated rings. The van der Waals surface area contributed by atoms with E-state index < -0.39 is 12.8 Å². The predicted molar refractivity (Wildman–Crippen MR) is 107 cm³/mol. The van der Waals surface area contributed by atoms with Crippen LogP contribution in [0.5, 0.6) is 11.6 Å². The summed E-state index contributed by atoms with van der Waals surface area (Å²) in [5.74, 6) is 1.02. The highest BCUT2D eigenvalue weighted by Gasteiger charge is 2.28. The number of carbonyl (C=O) groups excluding carboxylic acids is 1. The van der Waals surface area contributed by atoms with Crippen LogP contribution in [-0.4, -0.2) is 40.4 Å². The molecule has 1 aromatic carbocycles. The third kappa shape index (κ3) is 7.25. The van der Waals surface area contributed by atoms with Crippen LogP contribution in [0.1, 0.15) is 24.8 Å². The van der Waals surface area contributed by atoms with Crippen molar-refractivity contribution >= 4 is 5.91 Å². The summed E-state index contributed by atoms with van der Waals surface area (Å²) in [6.45, 7) is 1.16. The summed E-state index contributed by atoms with van der Waals surface area (Å²) in [6.07, 6.45) is -2.79. The van der Waals surface area contributed by atoms with E-state index in [9.17, 15) is 18.0 Å². The zero-order valence-corrected chi connectivity index (χ0v) is 17.2. The van der Waals surface area contributed by atoms with E-state index in [1.807, 2.05) is 19.1 Å². The van der Waals surface area contributed by atoms with Gasteiger partial charge in [0.25, 0.3) is 0 Å². The molecule has 3 aromatic rings. The van der Waals surface area contributed by atoms with Crippen molar-refractivity contribution in [1.82, 2.24) is 20.4 Å². The van der Waals surface area contributed by atoms with Crippen molar-refractivity contribution in [3.63, 3.8) is 0 Å². The van der Waals surface area contributed by atoms with Gasteiger partial charge in [0.15, 0.2) is 6.61 Å². The minimum atomic E-state index is -4.45. The standard InChI is InChI=1S/C21H21F3N4O4/c1-2-30-16-5-3-15(4-6-16)20-27-18(32-28-20)8-7-17(29)26-12-14-9-10-25-19(11-14)31-13-21(22,23)24/h3-6,9-11H,2,7-8,12-13H2,1H3,(H,26,29). The monoisotopic (exact) mass is 450 g/mol. The quantitative estimate of drug-likeness (QED) is 0.503. The number of amides is 1. The highest BCUT2D eigenvalue weighted by atomic mass is 19.4. The second-order valence-corrected chi connectivity index (χ2v) is 6.65. The molecule has 0 unspecified atom stereocenters. The lowest BCUT2D eigenvalue weighted by atomic mass is 10.2. The maximum Gasteiger partial charge on any atom is 0.422 e. The number of pyridine rings is 1. The number of rotatable bonds is 10. The zero-order chi connectivity index (χ0) is 23.0. The van der Waals surface area contributed by atoms with E-state index in [2.05, 4.69) is 25.2 Å². The average Bonchev–Trinajstić information content (AvgIpc) is 3.24. The maximum atomic E-state index is 12.2. The predicted octanol–water partition coefficient (Wildman–Crippen LogP) is 3.72. The van der Waals surface area contributed by atoms with Gasteiger partial charge in [0.1, 0.15) is 5.75 Å². The summed E-state index contributed by atoms with van der Waals surface area (Å²) < 4.78 is 51.9. The van der Waals surface area contributed by atoms with Crippen LogP contribution in [0.2, 0.25) is 0 Å². The highest BCUT2D eigenvalue weighted by Crippen LogP contribution is 2.20. The van der Waals surface area contributed by atoms with Crippen LogP contribution in [0.4, 0.5) is 13.2 Å². The van der Waals surface area contributed by atoms with Gasteiger partial charge >= 0.3 is 6.18 Å². The molecule has 2 aromatic heterocycles. The van der Waals surface area contributed by atoms with E-state index in [1.54, 1.807) is 18.2 Å². The molecule has 0 bridgehead atoms. The van der Waals surface area contributed by atoms with Gasteiger partial charge in [-0.25, -0.2) is 4.98 Å². The molecule has 0 aliphatic carbocycles. The summed E-state index contributed by atoms with van der Waals surface area (Å²) in [5, 5.41) is 6.60. The van der Waals surface area contributed by atoms with Crippen molar-refractivity contribution < 1.29 is 32.0 Å². The van der Waals surface area contributed by atoms with Gasteiger partial charge in [-0.05, 0) is 42.8 Å². The SMILES string of the molecule is CCOc1ccc(-c2noc(CCC(=O)NCc3ccnc(OCC(F)(F)F)c3)n2)cc1. The normalized spacial score (nSPS) is 11.2. The number of hydrogen-bond acceptors (Lipinski definition) is 7. The summed E-state index contributed by atoms with van der Waals surface area (Å²) in [5.41, 5.74) is 1.32. The number of halogens is 3. The topological polar surface area (TPSA) is 99.4 Å². The summed E-state index contributed by atoms with van der Waals surface area (Å²) in [6, 6.07) is 10.2. The van der Waals surface area contributed by atoms with Crippen LogP contribution < -0.4 is 14.8 Å². The molecule has 0 saturated heterocycles. The molecule has 8 nitrogen and oxygen atoms in total. The fourth-order valence-electron chi connectivity index (χ4n) is 2.65. The van der Waals surface area contributed by atoms with E-state index in [-0.39, 0.29) is 31.2 Å². The number of ether oxygens (including phenoxy) is 2. The van der Waals surface area contributed by atoms with Crippen molar-refractivity contribution in [2.75, 3.05) is 13.2 Å². The van der Waals surface area contributed by atoms with E-state index in [4.69, 9.17) is 9.26 Å². The Morgan fingerprint density at radius 1 is 1.16 bits per heavy atom. The Balaban J connectivity index is 1.45. The fraction of sp³-hybridized carbons (Fsp3) is 0.333. The highest BCUT2D eigenvalue weighted by molar-refractivity contribution is 5.76. The Hall–Kier alpha value is -3.63. The second-order valence-electron chi connectivity index (χ2n) is 6.65. The Morgan fingerprint density at radius 3 is 2.66 bits per heavy atom. The summed E-state index contributed by atoms with van der Waals surface area (Å²) >= 11 is 0. The Kier molecular flexibility index (Phi) is 7.63. The van der Waals surface area contributed by atoms with Gasteiger partial charge in [-0.2, -0.15) is 18.2 Å². The molecule has 32 heavy (non-hydrogen) atoms. The van der Waals surface area contributed by atoms with Gasteiger partial charge in [-0.3, -0.25) is 4.79 Å². The first-order valence-corrected chi connectivity index (χ1v) is 9.79. The van der Waals surface area contributed by atoms with Crippen molar-refractivity contribution in [3.05, 3.63) is 54.0 Å². The minimum Gasteiger partial charge on any atom is -0.494 e. The Morgan fingerprint density at radius 2 is 1.94 bits per heavy atom. The van der Waals surface area contributed by atoms with Crippen LogP contribution in [0.25, 0.3) is 11.4 Å². The van der Waals surface area contributed by atoms with E-state index in [0.717, 1.165) is 11.3 Å². The molecule has 170 valence electrons. The van der Waals surface area contributed by atoms with Crippen molar-refractivity contribution in [1.29, 1.82) is 0 Å². The number of nitrogens with one attached hydrogen (secondary N) is 1. The molecule has 0 radical (unpaired) electrons. The molecular weight excluding hydrogens is 429 g/mol. The third-order valence-electron chi connectivity index (χ3n) is 4.13. The molecule has 1 amide bonds. The average molecular weight is 450 g/mol. The molecule has 1 N–H and O–H groups in total. The van der Waals surface area contributed by atoms with Gasteiger partial charge in [0, 0.05) is 37.2 Å². The second kappa shape index (κ2) is 10.6. The van der Waals surface area contributed by atoms with Crippen LogP contribution >= 0.6 is 0 Å². The lowest BCUT2D eigenvalue weighted by molar-refractivity contribution is -0.154. The van der Waals surface area contributed by atoms with Crippen LogP contribution in [0.3, 0.4) is 0 Å². The molecule has 2 heterocycles. The lowest BCUT2D eigenvalue weighted by Gasteiger charge is -2.09. The van der Waals surface area contributed by atoms with Gasteiger partial charge < -0.3 is 19.3 Å². The van der Waals surface area contributed by atoms with Crippen molar-refractivity contribution in [2.24, 2.45) is 0 Å². The number of nitrogens with zero attached hydrogens (tertiary/aromatic N) is 3. The summed E-state index contributed by atoms with van der Waals surface area (Å²) in [4.78, 5) is 20.1. The Bertz CT molecular complexity index is 1020. The van der Waals surface area contributed by atoms with Gasteiger partial charge in [-0.15, -0.1) is 0 Å². The molecular formula is C21H21F3N4O4. The van der Waals surface area contributed by atoms with Crippen molar-refractivity contribution in [3.8, 4) is 23.0 Å². The number of benzene rings is 1. The Labute approximate surface area is 181 Å². The smallest absolute Gasteiger partial charge is 0.422 e. The number of hydrogen-bond donors (Lipinski definition) is 1. The molecule has 0 spiro atoms. The fourth-order valence-corrected chi connectivity index (χ4v) is 2.65. The van der Waals surface area contributed by atoms with Gasteiger partial charge in [0.05, 0.1) is 6.61 Å². The van der Waals surface area contributed by atoms with Gasteiger partial charge in [0.2, 0.25) is 23.5 Å². The lowest BCUT2D eigenvalue weighted by Crippen LogP contribution is -2.23. The molecule has 3 rings (SSSR count).